The fraction of sp³-hybridized carbons (Fsp3) is 0.304. The van der Waals surface area contributed by atoms with Crippen LogP contribution in [0.2, 0.25) is 0 Å². The van der Waals surface area contributed by atoms with Crippen LogP contribution in [0.1, 0.15) is 18.4 Å². The van der Waals surface area contributed by atoms with Crippen molar-refractivity contribution >= 4 is 39.5 Å². The largest absolute Gasteiger partial charge is 0.480 e. The van der Waals surface area contributed by atoms with Crippen molar-refractivity contribution in [1.82, 2.24) is 14.9 Å². The van der Waals surface area contributed by atoms with Gasteiger partial charge in [0.05, 0.1) is 11.4 Å². The third-order valence-electron chi connectivity index (χ3n) is 5.59. The van der Waals surface area contributed by atoms with Gasteiger partial charge in [0, 0.05) is 18.7 Å². The molecule has 1 fully saturated rings. The number of hydrogen-bond acceptors (Lipinski definition) is 6. The fourth-order valence-corrected chi connectivity index (χ4v) is 5.50. The maximum Gasteiger partial charge on any atom is 0.326 e. The van der Waals surface area contributed by atoms with E-state index in [1.54, 1.807) is 42.5 Å². The second kappa shape index (κ2) is 11.6. The van der Waals surface area contributed by atoms with Crippen LogP contribution >= 0.6 is 0 Å². The van der Waals surface area contributed by atoms with E-state index in [1.807, 2.05) is 0 Å². The molecule has 2 aromatic carbocycles. The van der Waals surface area contributed by atoms with Crippen LogP contribution in [0.4, 0.5) is 5.69 Å². The summed E-state index contributed by atoms with van der Waals surface area (Å²) in [5, 5.41) is 24.2. The minimum absolute atomic E-state index is 0.0423. The highest BCUT2D eigenvalue weighted by molar-refractivity contribution is 7.89. The highest BCUT2D eigenvalue weighted by atomic mass is 32.2. The number of nitrogens with one attached hydrogen (secondary N) is 4. The summed E-state index contributed by atoms with van der Waals surface area (Å²) in [7, 11) is -3.90. The monoisotopic (exact) mass is 516 g/mol. The lowest BCUT2D eigenvalue weighted by Gasteiger charge is -2.25. The lowest BCUT2D eigenvalue weighted by Crippen LogP contribution is -2.51. The molecule has 0 aliphatic carbocycles. The molecule has 7 N–H and O–H groups in total. The third-order valence-corrected chi connectivity index (χ3v) is 7.51. The summed E-state index contributed by atoms with van der Waals surface area (Å²) in [6.45, 7) is -0.00937. The van der Waals surface area contributed by atoms with Gasteiger partial charge in [-0.2, -0.15) is 4.31 Å². The Morgan fingerprint density at radius 1 is 1.11 bits per heavy atom. The number of benzene rings is 2. The van der Waals surface area contributed by atoms with E-state index in [4.69, 9.17) is 11.1 Å². The normalized spacial score (nSPS) is 16.6. The van der Waals surface area contributed by atoms with E-state index < -0.39 is 39.9 Å². The van der Waals surface area contributed by atoms with Crippen LogP contribution in [0.25, 0.3) is 0 Å². The lowest BCUT2D eigenvalue weighted by molar-refractivity contribution is -0.142. The topological polar surface area (TPSA) is 195 Å². The lowest BCUT2D eigenvalue weighted by atomic mass is 10.0. The maximum atomic E-state index is 13.0. The summed E-state index contributed by atoms with van der Waals surface area (Å²) in [6, 6.07) is 11.9. The molecule has 0 spiro atoms. The Balaban J connectivity index is 1.64. The number of carboxylic acids is 1. The van der Waals surface area contributed by atoms with Gasteiger partial charge in [-0.3, -0.25) is 15.0 Å². The number of rotatable bonds is 10. The molecule has 0 unspecified atom stereocenters. The highest BCUT2D eigenvalue weighted by Crippen LogP contribution is 2.26. The molecule has 192 valence electrons. The predicted octanol–water partition coefficient (Wildman–Crippen LogP) is 0.0734. The third kappa shape index (κ3) is 6.79. The number of sulfonamides is 1. The average Bonchev–Trinajstić information content (AvgIpc) is 3.35. The Bertz CT molecular complexity index is 1220. The number of anilines is 1. The Labute approximate surface area is 208 Å². The predicted molar refractivity (Wildman–Crippen MR) is 132 cm³/mol. The van der Waals surface area contributed by atoms with Crippen molar-refractivity contribution in [3.63, 3.8) is 0 Å². The van der Waals surface area contributed by atoms with Crippen molar-refractivity contribution in [2.45, 2.75) is 36.2 Å². The second-order valence-electron chi connectivity index (χ2n) is 8.20. The number of hydrogen-bond donors (Lipinski definition) is 6. The van der Waals surface area contributed by atoms with E-state index in [1.165, 1.54) is 12.1 Å². The van der Waals surface area contributed by atoms with E-state index in [0.717, 1.165) is 4.31 Å². The number of amides is 2. The number of carbonyl (C=O) groups excluding carboxylic acids is 2. The summed E-state index contributed by atoms with van der Waals surface area (Å²) >= 11 is 0. The van der Waals surface area contributed by atoms with Crippen molar-refractivity contribution in [1.29, 1.82) is 5.41 Å². The van der Waals surface area contributed by atoms with Crippen molar-refractivity contribution in [3.05, 3.63) is 60.2 Å². The number of guanidine groups is 1. The van der Waals surface area contributed by atoms with Gasteiger partial charge in [-0.25, -0.2) is 13.2 Å². The molecule has 3 rings (SSSR count). The molecule has 0 aromatic heterocycles. The van der Waals surface area contributed by atoms with Crippen LogP contribution in [0.15, 0.2) is 59.5 Å². The molecule has 13 heteroatoms. The first kappa shape index (κ1) is 26.6. The van der Waals surface area contributed by atoms with Gasteiger partial charge < -0.3 is 26.8 Å². The van der Waals surface area contributed by atoms with Crippen molar-refractivity contribution in [2.24, 2.45) is 5.73 Å². The van der Waals surface area contributed by atoms with Crippen LogP contribution in [0.5, 0.6) is 0 Å². The minimum atomic E-state index is -3.90. The van der Waals surface area contributed by atoms with Gasteiger partial charge >= 0.3 is 5.97 Å². The number of aliphatic carboxylic acids is 1. The Hall–Kier alpha value is -3.97. The highest BCUT2D eigenvalue weighted by Gasteiger charge is 2.40. The van der Waals surface area contributed by atoms with Crippen LogP contribution in [-0.2, 0) is 30.8 Å². The van der Waals surface area contributed by atoms with Crippen molar-refractivity contribution in [2.75, 3.05) is 18.4 Å². The molecule has 2 aromatic rings. The van der Waals surface area contributed by atoms with Gasteiger partial charge in [0.25, 0.3) is 0 Å². The van der Waals surface area contributed by atoms with Gasteiger partial charge in [0.2, 0.25) is 21.8 Å². The van der Waals surface area contributed by atoms with Gasteiger partial charge in [0.1, 0.15) is 12.1 Å². The van der Waals surface area contributed by atoms with Gasteiger partial charge in [-0.15, -0.1) is 0 Å². The van der Waals surface area contributed by atoms with Crippen LogP contribution in [-0.4, -0.2) is 66.7 Å². The zero-order valence-electron chi connectivity index (χ0n) is 19.3. The maximum absolute atomic E-state index is 13.0. The van der Waals surface area contributed by atoms with E-state index in [2.05, 4.69) is 16.0 Å². The Morgan fingerprint density at radius 3 is 2.39 bits per heavy atom. The molecular formula is C23H28N6O6S. The molecule has 1 heterocycles. The summed E-state index contributed by atoms with van der Waals surface area (Å²) in [5.41, 5.74) is 6.18. The molecule has 2 amide bonds. The average molecular weight is 517 g/mol. The van der Waals surface area contributed by atoms with Gasteiger partial charge in [-0.05, 0) is 42.7 Å². The molecule has 2 atom stereocenters. The zero-order chi connectivity index (χ0) is 26.3. The van der Waals surface area contributed by atoms with Crippen LogP contribution in [0.3, 0.4) is 0 Å². The number of nitrogens with zero attached hydrogens (tertiary/aromatic N) is 1. The van der Waals surface area contributed by atoms with Crippen LogP contribution < -0.4 is 21.7 Å². The Kier molecular flexibility index (Phi) is 8.61. The SMILES string of the molecule is N=C(N)NCC(=O)Nc1ccc(C[C@H](NC(=O)[C@@H]2CCCN2S(=O)(=O)c2ccccc2)C(=O)O)cc1. The molecule has 1 aliphatic heterocycles. The quantitative estimate of drug-likeness (QED) is 0.188. The smallest absolute Gasteiger partial charge is 0.326 e. The van der Waals surface area contributed by atoms with Gasteiger partial charge in [0.15, 0.2) is 5.96 Å². The van der Waals surface area contributed by atoms with Crippen molar-refractivity contribution < 1.29 is 27.9 Å². The summed E-state index contributed by atoms with van der Waals surface area (Å²) in [6.07, 6.45) is 0.730. The van der Waals surface area contributed by atoms with Crippen LogP contribution in [0, 0.1) is 5.41 Å². The first-order valence-electron chi connectivity index (χ1n) is 11.1. The number of nitrogens with two attached hydrogens (primary N) is 1. The first-order valence-corrected chi connectivity index (χ1v) is 12.6. The number of carboxylic acid groups (broad SMARTS) is 1. The van der Waals surface area contributed by atoms with E-state index in [0.29, 0.717) is 17.7 Å². The standard InChI is InChI=1S/C23H28N6O6S/c24-23(25)26-14-20(30)27-16-10-8-15(9-11-16)13-18(22(32)33)28-21(31)19-7-4-12-29(19)36(34,35)17-5-2-1-3-6-17/h1-3,5-6,8-11,18-19H,4,7,12-14H2,(H,27,30)(H,28,31)(H,32,33)(H4,24,25,26)/t18-,19-/m0/s1. The number of carbonyl (C=O) groups is 3. The molecular weight excluding hydrogens is 488 g/mol. The summed E-state index contributed by atoms with van der Waals surface area (Å²) in [5.74, 6) is -2.67. The molecule has 12 nitrogen and oxygen atoms in total. The van der Waals surface area contributed by atoms with E-state index in [9.17, 15) is 27.9 Å². The molecule has 1 saturated heterocycles. The van der Waals surface area contributed by atoms with Crippen molar-refractivity contribution in [3.8, 4) is 0 Å². The Morgan fingerprint density at radius 2 is 1.78 bits per heavy atom. The summed E-state index contributed by atoms with van der Waals surface area (Å²) < 4.78 is 27.2. The second-order valence-corrected chi connectivity index (χ2v) is 10.1. The van der Waals surface area contributed by atoms with Gasteiger partial charge in [-0.1, -0.05) is 30.3 Å². The zero-order valence-corrected chi connectivity index (χ0v) is 20.1. The molecule has 0 radical (unpaired) electrons. The molecule has 1 aliphatic rings. The molecule has 36 heavy (non-hydrogen) atoms. The van der Waals surface area contributed by atoms with E-state index >= 15 is 0 Å². The summed E-state index contributed by atoms with van der Waals surface area (Å²) in [4.78, 5) is 36.7. The van der Waals surface area contributed by atoms with E-state index in [-0.39, 0.29) is 36.8 Å². The minimum Gasteiger partial charge on any atom is -0.480 e. The molecule has 0 bridgehead atoms. The fourth-order valence-electron chi connectivity index (χ4n) is 3.83. The molecule has 0 saturated carbocycles. The first-order chi connectivity index (χ1) is 17.1.